The number of aromatic nitrogens is 1. The second-order valence-electron chi connectivity index (χ2n) is 7.35. The van der Waals surface area contributed by atoms with E-state index in [4.69, 9.17) is 0 Å². The van der Waals surface area contributed by atoms with Gasteiger partial charge in [0.2, 0.25) is 11.8 Å². The molecule has 1 atom stereocenters. The van der Waals surface area contributed by atoms with Crippen molar-refractivity contribution in [2.45, 2.75) is 19.8 Å². The van der Waals surface area contributed by atoms with E-state index in [1.165, 1.54) is 28.6 Å². The van der Waals surface area contributed by atoms with Crippen LogP contribution in [0.25, 0.3) is 10.9 Å². The second kappa shape index (κ2) is 7.46. The number of hydrogen-bond donors (Lipinski definition) is 2. The molecule has 0 bridgehead atoms. The van der Waals surface area contributed by atoms with E-state index in [0.717, 1.165) is 11.9 Å². The molecule has 6 heteroatoms. The van der Waals surface area contributed by atoms with Crippen LogP contribution in [-0.4, -0.2) is 34.8 Å². The van der Waals surface area contributed by atoms with Crippen molar-refractivity contribution in [1.29, 1.82) is 0 Å². The standard InChI is InChI=1S/C22H22FN3O2/c1-14-5-6-20-19(9-14)15(12-24-20)7-8-26-13-16(10-21(26)27)22(28)25-18-4-2-3-17(23)11-18/h2-6,9,11-12,16,24H,7-8,10,13H2,1H3,(H,25,28)/t16-/m1/s1. The number of benzene rings is 2. The minimum absolute atomic E-state index is 0.0181. The van der Waals surface area contributed by atoms with Crippen molar-refractivity contribution < 1.29 is 14.0 Å². The minimum Gasteiger partial charge on any atom is -0.361 e. The third kappa shape index (κ3) is 3.76. The zero-order valence-corrected chi connectivity index (χ0v) is 15.7. The molecule has 2 aromatic carbocycles. The predicted molar refractivity (Wildman–Crippen MR) is 106 cm³/mol. The number of halogens is 1. The van der Waals surface area contributed by atoms with Gasteiger partial charge in [0, 0.05) is 42.3 Å². The van der Waals surface area contributed by atoms with Gasteiger partial charge in [0.25, 0.3) is 0 Å². The van der Waals surface area contributed by atoms with Gasteiger partial charge >= 0.3 is 0 Å². The maximum Gasteiger partial charge on any atom is 0.229 e. The monoisotopic (exact) mass is 379 g/mol. The average Bonchev–Trinajstić information content (AvgIpc) is 3.23. The van der Waals surface area contributed by atoms with Crippen molar-refractivity contribution in [3.8, 4) is 0 Å². The number of carbonyl (C=O) groups is 2. The highest BCUT2D eigenvalue weighted by molar-refractivity contribution is 5.97. The van der Waals surface area contributed by atoms with Crippen molar-refractivity contribution in [3.63, 3.8) is 0 Å². The van der Waals surface area contributed by atoms with Gasteiger partial charge in [0.15, 0.2) is 0 Å². The van der Waals surface area contributed by atoms with Crippen LogP contribution in [0, 0.1) is 18.7 Å². The van der Waals surface area contributed by atoms with Gasteiger partial charge in [-0.15, -0.1) is 0 Å². The number of amides is 2. The Kier molecular flexibility index (Phi) is 4.86. The molecule has 3 aromatic rings. The summed E-state index contributed by atoms with van der Waals surface area (Å²) in [6.07, 6.45) is 2.90. The van der Waals surface area contributed by atoms with E-state index in [0.29, 0.717) is 18.8 Å². The lowest BCUT2D eigenvalue weighted by molar-refractivity contribution is -0.128. The van der Waals surface area contributed by atoms with Crippen molar-refractivity contribution >= 4 is 28.4 Å². The lowest BCUT2D eigenvalue weighted by Crippen LogP contribution is -2.30. The highest BCUT2D eigenvalue weighted by Gasteiger charge is 2.34. The molecule has 144 valence electrons. The SMILES string of the molecule is Cc1ccc2[nH]cc(CCN3C[C@H](C(=O)Nc4cccc(F)c4)CC3=O)c2c1. The van der Waals surface area contributed by atoms with Crippen molar-refractivity contribution in [3.05, 3.63) is 65.6 Å². The van der Waals surface area contributed by atoms with Gasteiger partial charge in [-0.25, -0.2) is 4.39 Å². The molecule has 0 unspecified atom stereocenters. The zero-order valence-electron chi connectivity index (χ0n) is 15.7. The fourth-order valence-electron chi connectivity index (χ4n) is 3.73. The minimum atomic E-state index is -0.416. The summed E-state index contributed by atoms with van der Waals surface area (Å²) in [4.78, 5) is 29.8. The molecule has 2 heterocycles. The summed E-state index contributed by atoms with van der Waals surface area (Å²) in [6, 6.07) is 12.0. The van der Waals surface area contributed by atoms with Gasteiger partial charge < -0.3 is 15.2 Å². The first-order valence-electron chi connectivity index (χ1n) is 9.40. The smallest absolute Gasteiger partial charge is 0.229 e. The molecule has 0 spiro atoms. The van der Waals surface area contributed by atoms with Crippen LogP contribution in [0.15, 0.2) is 48.7 Å². The van der Waals surface area contributed by atoms with Gasteiger partial charge in [0.1, 0.15) is 5.82 Å². The van der Waals surface area contributed by atoms with Gasteiger partial charge in [-0.05, 0) is 49.2 Å². The largest absolute Gasteiger partial charge is 0.361 e. The van der Waals surface area contributed by atoms with Gasteiger partial charge in [-0.1, -0.05) is 17.7 Å². The molecule has 1 aromatic heterocycles. The normalized spacial score (nSPS) is 16.7. The predicted octanol–water partition coefficient (Wildman–Crippen LogP) is 3.65. The molecular formula is C22H22FN3O2. The lowest BCUT2D eigenvalue weighted by Gasteiger charge is -2.16. The molecule has 2 N–H and O–H groups in total. The summed E-state index contributed by atoms with van der Waals surface area (Å²) >= 11 is 0. The highest BCUT2D eigenvalue weighted by atomic mass is 19.1. The van der Waals surface area contributed by atoms with Crippen LogP contribution < -0.4 is 5.32 Å². The number of aromatic amines is 1. The molecular weight excluding hydrogens is 357 g/mol. The summed E-state index contributed by atoms with van der Waals surface area (Å²) < 4.78 is 13.3. The summed E-state index contributed by atoms with van der Waals surface area (Å²) in [7, 11) is 0. The summed E-state index contributed by atoms with van der Waals surface area (Å²) in [5, 5.41) is 3.88. The van der Waals surface area contributed by atoms with Crippen LogP contribution in [0.5, 0.6) is 0 Å². The van der Waals surface area contributed by atoms with Crippen molar-refractivity contribution in [2.24, 2.45) is 5.92 Å². The Hall–Kier alpha value is -3.15. The Morgan fingerprint density at radius 1 is 1.29 bits per heavy atom. The number of nitrogens with one attached hydrogen (secondary N) is 2. The van der Waals surface area contributed by atoms with Crippen LogP contribution in [0.3, 0.4) is 0 Å². The number of anilines is 1. The van der Waals surface area contributed by atoms with E-state index in [1.54, 1.807) is 17.0 Å². The molecule has 1 saturated heterocycles. The first-order valence-corrected chi connectivity index (χ1v) is 9.40. The van der Waals surface area contributed by atoms with Crippen molar-refractivity contribution in [2.75, 3.05) is 18.4 Å². The third-order valence-electron chi connectivity index (χ3n) is 5.25. The fourth-order valence-corrected chi connectivity index (χ4v) is 3.73. The van der Waals surface area contributed by atoms with E-state index >= 15 is 0 Å². The maximum absolute atomic E-state index is 13.3. The van der Waals surface area contributed by atoms with E-state index in [2.05, 4.69) is 35.4 Å². The Labute approximate surface area is 162 Å². The highest BCUT2D eigenvalue weighted by Crippen LogP contribution is 2.23. The zero-order chi connectivity index (χ0) is 19.7. The number of likely N-dealkylation sites (tertiary alicyclic amines) is 1. The van der Waals surface area contributed by atoms with Gasteiger partial charge in [-0.2, -0.15) is 0 Å². The molecule has 1 aliphatic rings. The quantitative estimate of drug-likeness (QED) is 0.711. The van der Waals surface area contributed by atoms with E-state index in [-0.39, 0.29) is 18.2 Å². The molecule has 0 saturated carbocycles. The Balaban J connectivity index is 1.38. The van der Waals surface area contributed by atoms with E-state index in [9.17, 15) is 14.0 Å². The summed E-state index contributed by atoms with van der Waals surface area (Å²) in [6.45, 7) is 3.02. The summed E-state index contributed by atoms with van der Waals surface area (Å²) in [5.74, 6) is -1.09. The average molecular weight is 379 g/mol. The maximum atomic E-state index is 13.3. The fraction of sp³-hybridized carbons (Fsp3) is 0.273. The molecule has 5 nitrogen and oxygen atoms in total. The summed E-state index contributed by atoms with van der Waals surface area (Å²) in [5.41, 5.74) is 3.85. The van der Waals surface area contributed by atoms with Crippen molar-refractivity contribution in [1.82, 2.24) is 9.88 Å². The first-order chi connectivity index (χ1) is 13.5. The first kappa shape index (κ1) is 18.2. The molecule has 1 fully saturated rings. The Morgan fingerprint density at radius 2 is 2.14 bits per heavy atom. The van der Waals surface area contributed by atoms with Gasteiger partial charge in [0.05, 0.1) is 5.92 Å². The molecule has 0 radical (unpaired) electrons. The third-order valence-corrected chi connectivity index (χ3v) is 5.25. The Bertz CT molecular complexity index is 1040. The Morgan fingerprint density at radius 3 is 2.96 bits per heavy atom. The van der Waals surface area contributed by atoms with Crippen LogP contribution in [0.2, 0.25) is 0 Å². The van der Waals surface area contributed by atoms with Crippen LogP contribution in [-0.2, 0) is 16.0 Å². The molecule has 4 rings (SSSR count). The molecule has 28 heavy (non-hydrogen) atoms. The molecule has 2 amide bonds. The second-order valence-corrected chi connectivity index (χ2v) is 7.35. The topological polar surface area (TPSA) is 65.2 Å². The number of hydrogen-bond acceptors (Lipinski definition) is 2. The molecule has 1 aliphatic heterocycles. The number of nitrogens with zero attached hydrogens (tertiary/aromatic N) is 1. The number of rotatable bonds is 5. The van der Waals surface area contributed by atoms with E-state index < -0.39 is 11.7 Å². The number of aryl methyl sites for hydroxylation is 1. The van der Waals surface area contributed by atoms with Crippen LogP contribution in [0.4, 0.5) is 10.1 Å². The number of H-pyrrole nitrogens is 1. The van der Waals surface area contributed by atoms with E-state index in [1.807, 2.05) is 6.20 Å². The number of carbonyl (C=O) groups excluding carboxylic acids is 2. The van der Waals surface area contributed by atoms with Crippen LogP contribution >= 0.6 is 0 Å². The van der Waals surface area contributed by atoms with Crippen LogP contribution in [0.1, 0.15) is 17.5 Å². The molecule has 0 aliphatic carbocycles. The van der Waals surface area contributed by atoms with Gasteiger partial charge in [-0.3, -0.25) is 9.59 Å². The number of fused-ring (bicyclic) bond motifs is 1. The lowest BCUT2D eigenvalue weighted by atomic mass is 10.1.